The zero-order chi connectivity index (χ0) is 40.3. The second-order valence-corrected chi connectivity index (χ2v) is 14.9. The van der Waals surface area contributed by atoms with Crippen LogP contribution in [0.5, 0.6) is 0 Å². The van der Waals surface area contributed by atoms with Gasteiger partial charge in [0.25, 0.3) is 0 Å². The van der Waals surface area contributed by atoms with E-state index in [4.69, 9.17) is 24.3 Å². The van der Waals surface area contributed by atoms with Crippen LogP contribution in [0.2, 0.25) is 0 Å². The standard InChI is InChI=1S/C45H76NO8P/c1-3-5-7-9-11-13-15-17-19-21-23-25-27-29-31-33-35-37-44(47)51-41-43(42-53-55(49,50)52-40-39-46)54-45(48)38-36-34-32-30-28-26-24-22-20-18-16-14-12-10-8-6-4-2/h6,8,11-14,17-20,23-26,43H,3-5,7,9-10,15-16,21-22,27-42,46H2,1-2H3,(H,49,50). The van der Waals surface area contributed by atoms with Crippen molar-refractivity contribution in [2.24, 2.45) is 5.73 Å². The Bertz CT molecular complexity index is 1170. The lowest BCUT2D eigenvalue weighted by Crippen LogP contribution is -2.29. The van der Waals surface area contributed by atoms with Gasteiger partial charge in [-0.2, -0.15) is 0 Å². The molecular formula is C45H76NO8P. The van der Waals surface area contributed by atoms with Gasteiger partial charge in [0.1, 0.15) is 6.61 Å². The molecule has 0 rings (SSSR count). The van der Waals surface area contributed by atoms with Crippen LogP contribution in [-0.4, -0.2) is 49.3 Å². The fourth-order valence-electron chi connectivity index (χ4n) is 5.16. The monoisotopic (exact) mass is 790 g/mol. The zero-order valence-corrected chi connectivity index (χ0v) is 35.3. The minimum atomic E-state index is -4.39. The molecule has 3 N–H and O–H groups in total. The number of unbranched alkanes of at least 4 members (excludes halogenated alkanes) is 11. The molecule has 0 aliphatic heterocycles. The number of allylic oxidation sites excluding steroid dienone is 14. The molecule has 0 aromatic carbocycles. The molecule has 0 aromatic rings. The largest absolute Gasteiger partial charge is 0.472 e. The Labute approximate surface area is 334 Å². The molecule has 0 bridgehead atoms. The molecule has 9 nitrogen and oxygen atoms in total. The van der Waals surface area contributed by atoms with Gasteiger partial charge in [0, 0.05) is 19.4 Å². The Morgan fingerprint density at radius 1 is 0.564 bits per heavy atom. The van der Waals surface area contributed by atoms with E-state index in [0.717, 1.165) is 89.9 Å². The molecule has 0 aliphatic carbocycles. The van der Waals surface area contributed by atoms with Gasteiger partial charge in [-0.05, 0) is 89.9 Å². The molecule has 0 fully saturated rings. The van der Waals surface area contributed by atoms with Crippen molar-refractivity contribution in [2.75, 3.05) is 26.4 Å². The van der Waals surface area contributed by atoms with Crippen molar-refractivity contribution in [3.8, 4) is 0 Å². The summed E-state index contributed by atoms with van der Waals surface area (Å²) >= 11 is 0. The van der Waals surface area contributed by atoms with Crippen molar-refractivity contribution in [3.63, 3.8) is 0 Å². The Morgan fingerprint density at radius 2 is 1.00 bits per heavy atom. The van der Waals surface area contributed by atoms with Crippen LogP contribution in [0.1, 0.15) is 155 Å². The molecule has 0 radical (unpaired) electrons. The molecule has 10 heteroatoms. The maximum Gasteiger partial charge on any atom is 0.472 e. The Balaban J connectivity index is 4.28. The van der Waals surface area contributed by atoms with Crippen molar-refractivity contribution >= 4 is 19.8 Å². The van der Waals surface area contributed by atoms with E-state index in [2.05, 4.69) is 98.9 Å². The summed E-state index contributed by atoms with van der Waals surface area (Å²) in [7, 11) is -4.39. The van der Waals surface area contributed by atoms with Gasteiger partial charge in [0.05, 0.1) is 13.2 Å². The molecule has 0 aliphatic rings. The highest BCUT2D eigenvalue weighted by Crippen LogP contribution is 2.43. The number of hydrogen-bond donors (Lipinski definition) is 2. The summed E-state index contributed by atoms with van der Waals surface area (Å²) in [5, 5.41) is 0. The van der Waals surface area contributed by atoms with Crippen LogP contribution in [0.25, 0.3) is 0 Å². The van der Waals surface area contributed by atoms with Crippen LogP contribution in [0.4, 0.5) is 0 Å². The molecule has 2 unspecified atom stereocenters. The summed E-state index contributed by atoms with van der Waals surface area (Å²) in [5.41, 5.74) is 5.34. The zero-order valence-electron chi connectivity index (χ0n) is 34.4. The predicted molar refractivity (Wildman–Crippen MR) is 229 cm³/mol. The number of rotatable bonds is 38. The molecule has 0 spiro atoms. The van der Waals surface area contributed by atoms with Crippen LogP contribution in [-0.2, 0) is 32.7 Å². The molecule has 0 aromatic heterocycles. The Kier molecular flexibility index (Phi) is 38.8. The summed E-state index contributed by atoms with van der Waals surface area (Å²) < 4.78 is 32.7. The van der Waals surface area contributed by atoms with Crippen molar-refractivity contribution in [1.82, 2.24) is 0 Å². The number of carbonyl (C=O) groups is 2. The van der Waals surface area contributed by atoms with Gasteiger partial charge in [-0.15, -0.1) is 0 Å². The minimum Gasteiger partial charge on any atom is -0.462 e. The van der Waals surface area contributed by atoms with Crippen molar-refractivity contribution in [1.29, 1.82) is 0 Å². The molecule has 0 saturated carbocycles. The number of carbonyl (C=O) groups excluding carboxylic acids is 2. The second kappa shape index (κ2) is 40.8. The lowest BCUT2D eigenvalue weighted by molar-refractivity contribution is -0.161. The van der Waals surface area contributed by atoms with Gasteiger partial charge in [-0.3, -0.25) is 18.6 Å². The third-order valence-electron chi connectivity index (χ3n) is 8.27. The SMILES string of the molecule is CCC=CCC=CCC=CCC=CCCCCCCC(=O)OC(COC(=O)CCCCCCC=CCC=CCC=CCCCCC)COP(=O)(O)OCCN. The predicted octanol–water partition coefficient (Wildman–Crippen LogP) is 12.0. The fourth-order valence-corrected chi connectivity index (χ4v) is 5.92. The van der Waals surface area contributed by atoms with Crippen LogP contribution >= 0.6 is 7.82 Å². The van der Waals surface area contributed by atoms with Gasteiger partial charge >= 0.3 is 19.8 Å². The fraction of sp³-hybridized carbons (Fsp3) is 0.644. The number of nitrogens with two attached hydrogens (primary N) is 1. The first-order valence-corrected chi connectivity index (χ1v) is 22.6. The van der Waals surface area contributed by atoms with E-state index in [0.29, 0.717) is 12.8 Å². The Hall–Kier alpha value is -2.81. The van der Waals surface area contributed by atoms with Gasteiger partial charge < -0.3 is 20.1 Å². The maximum atomic E-state index is 12.6. The van der Waals surface area contributed by atoms with Crippen LogP contribution < -0.4 is 5.73 Å². The van der Waals surface area contributed by atoms with Gasteiger partial charge in [0.15, 0.2) is 6.10 Å². The van der Waals surface area contributed by atoms with Crippen molar-refractivity contribution in [2.45, 2.75) is 161 Å². The van der Waals surface area contributed by atoms with E-state index in [-0.39, 0.29) is 32.6 Å². The summed E-state index contributed by atoms with van der Waals surface area (Å²) in [6.07, 6.45) is 50.4. The third-order valence-corrected chi connectivity index (χ3v) is 9.25. The summed E-state index contributed by atoms with van der Waals surface area (Å²) in [5.74, 6) is -0.891. The smallest absolute Gasteiger partial charge is 0.462 e. The van der Waals surface area contributed by atoms with Crippen molar-refractivity contribution in [3.05, 3.63) is 85.1 Å². The molecular weight excluding hydrogens is 713 g/mol. The van der Waals surface area contributed by atoms with E-state index >= 15 is 0 Å². The van der Waals surface area contributed by atoms with Crippen LogP contribution in [0, 0.1) is 0 Å². The van der Waals surface area contributed by atoms with Gasteiger partial charge in [-0.1, -0.05) is 137 Å². The highest BCUT2D eigenvalue weighted by Gasteiger charge is 2.25. The summed E-state index contributed by atoms with van der Waals surface area (Å²) in [4.78, 5) is 34.8. The Morgan fingerprint density at radius 3 is 1.47 bits per heavy atom. The molecule has 2 atom stereocenters. The molecule has 0 saturated heterocycles. The molecule has 55 heavy (non-hydrogen) atoms. The number of esters is 2. The lowest BCUT2D eigenvalue weighted by Gasteiger charge is -2.19. The van der Waals surface area contributed by atoms with Crippen LogP contribution in [0.15, 0.2) is 85.1 Å². The normalized spacial score (nSPS) is 14.2. The van der Waals surface area contributed by atoms with E-state index in [1.807, 2.05) is 0 Å². The first-order valence-electron chi connectivity index (χ1n) is 21.1. The van der Waals surface area contributed by atoms with Crippen molar-refractivity contribution < 1.29 is 37.6 Å². The van der Waals surface area contributed by atoms with E-state index in [1.54, 1.807) is 0 Å². The van der Waals surface area contributed by atoms with E-state index in [9.17, 15) is 19.0 Å². The molecule has 0 heterocycles. The average Bonchev–Trinajstić information content (AvgIpc) is 3.17. The summed E-state index contributed by atoms with van der Waals surface area (Å²) in [6, 6.07) is 0. The quantitative estimate of drug-likeness (QED) is 0.0271. The number of hydrogen-bond acceptors (Lipinski definition) is 8. The second-order valence-electron chi connectivity index (χ2n) is 13.5. The maximum absolute atomic E-state index is 12.6. The number of ether oxygens (including phenoxy) is 2. The minimum absolute atomic E-state index is 0.0409. The molecule has 314 valence electrons. The first-order chi connectivity index (χ1) is 26.8. The third kappa shape index (κ3) is 40.7. The summed E-state index contributed by atoms with van der Waals surface area (Å²) in [6.45, 7) is 3.51. The lowest BCUT2D eigenvalue weighted by atomic mass is 10.1. The molecule has 0 amide bonds. The highest BCUT2D eigenvalue weighted by molar-refractivity contribution is 7.47. The van der Waals surface area contributed by atoms with Crippen LogP contribution in [0.3, 0.4) is 0 Å². The number of phosphoric acid groups is 1. The van der Waals surface area contributed by atoms with E-state index in [1.165, 1.54) is 25.7 Å². The first kappa shape index (κ1) is 52.2. The van der Waals surface area contributed by atoms with E-state index < -0.39 is 32.5 Å². The van der Waals surface area contributed by atoms with Gasteiger partial charge in [0.2, 0.25) is 0 Å². The average molecular weight is 790 g/mol. The van der Waals surface area contributed by atoms with Gasteiger partial charge in [-0.25, -0.2) is 4.57 Å². The number of phosphoric ester groups is 1. The highest BCUT2D eigenvalue weighted by atomic mass is 31.2. The topological polar surface area (TPSA) is 134 Å².